The van der Waals surface area contributed by atoms with E-state index < -0.39 is 5.60 Å². The third kappa shape index (κ3) is 2.48. The molecule has 0 fully saturated rings. The number of ether oxygens (including phenoxy) is 2. The highest BCUT2D eigenvalue weighted by atomic mass is 16.5. The molecule has 150 valence electrons. The summed E-state index contributed by atoms with van der Waals surface area (Å²) in [6.07, 6.45) is 0. The second-order valence-electron chi connectivity index (χ2n) is 9.28. The standard InChI is InChI=1S/C25H28N2O2/c1-15-7-10-18(11-8-15)27-23-22(17(3)26-27)25(6)19-13-16(2)9-12-20(19)28-14-21(25)24(4,5)29-23/h7-13,21H,14H2,1-6H3/t21-,25-/m1/s1. The summed E-state index contributed by atoms with van der Waals surface area (Å²) in [6, 6.07) is 14.9. The first kappa shape index (κ1) is 18.3. The number of aryl methyl sites for hydroxylation is 3. The third-order valence-corrected chi connectivity index (χ3v) is 6.81. The number of aromatic nitrogens is 2. The van der Waals surface area contributed by atoms with Crippen LogP contribution in [0.4, 0.5) is 0 Å². The molecule has 4 nitrogen and oxygen atoms in total. The van der Waals surface area contributed by atoms with Gasteiger partial charge in [-0.1, -0.05) is 42.3 Å². The van der Waals surface area contributed by atoms with Crippen LogP contribution in [0.2, 0.25) is 0 Å². The smallest absolute Gasteiger partial charge is 0.221 e. The molecule has 1 aromatic heterocycles. The maximum Gasteiger partial charge on any atom is 0.221 e. The summed E-state index contributed by atoms with van der Waals surface area (Å²) < 4.78 is 14.8. The Bertz CT molecular complexity index is 1110. The Hall–Kier alpha value is -2.75. The van der Waals surface area contributed by atoms with E-state index in [1.165, 1.54) is 22.3 Å². The fourth-order valence-corrected chi connectivity index (χ4v) is 5.29. The van der Waals surface area contributed by atoms with E-state index in [4.69, 9.17) is 14.6 Å². The van der Waals surface area contributed by atoms with Gasteiger partial charge < -0.3 is 9.47 Å². The first-order chi connectivity index (χ1) is 13.7. The molecule has 0 unspecified atom stereocenters. The largest absolute Gasteiger partial charge is 0.493 e. The molecule has 5 rings (SSSR count). The lowest BCUT2D eigenvalue weighted by molar-refractivity contribution is -0.0440. The Kier molecular flexibility index (Phi) is 3.71. The van der Waals surface area contributed by atoms with Crippen molar-refractivity contribution in [1.29, 1.82) is 0 Å². The van der Waals surface area contributed by atoms with E-state index in [1.54, 1.807) is 0 Å². The van der Waals surface area contributed by atoms with Gasteiger partial charge in [-0.25, -0.2) is 4.68 Å². The predicted octanol–water partition coefficient (Wildman–Crippen LogP) is 5.28. The average molecular weight is 389 g/mol. The Morgan fingerprint density at radius 3 is 2.38 bits per heavy atom. The van der Waals surface area contributed by atoms with Crippen LogP contribution in [-0.2, 0) is 5.41 Å². The van der Waals surface area contributed by atoms with Gasteiger partial charge in [-0.15, -0.1) is 0 Å². The minimum atomic E-state index is -0.391. The molecule has 0 aliphatic carbocycles. The van der Waals surface area contributed by atoms with Crippen molar-refractivity contribution < 1.29 is 9.47 Å². The Morgan fingerprint density at radius 1 is 0.966 bits per heavy atom. The van der Waals surface area contributed by atoms with Gasteiger partial charge in [-0.3, -0.25) is 0 Å². The molecule has 2 aromatic carbocycles. The molecular weight excluding hydrogens is 360 g/mol. The topological polar surface area (TPSA) is 36.3 Å². The van der Waals surface area contributed by atoms with Gasteiger partial charge >= 0.3 is 0 Å². The summed E-state index contributed by atoms with van der Waals surface area (Å²) in [6.45, 7) is 13.7. The molecule has 3 aromatic rings. The summed E-state index contributed by atoms with van der Waals surface area (Å²) in [7, 11) is 0. The lowest BCUT2D eigenvalue weighted by Crippen LogP contribution is -2.57. The average Bonchev–Trinajstić information content (AvgIpc) is 2.98. The van der Waals surface area contributed by atoms with Crippen molar-refractivity contribution in [2.45, 2.75) is 52.6 Å². The zero-order chi connectivity index (χ0) is 20.6. The van der Waals surface area contributed by atoms with Crippen molar-refractivity contribution >= 4 is 0 Å². The van der Waals surface area contributed by atoms with E-state index >= 15 is 0 Å². The molecule has 0 saturated heterocycles. The molecule has 4 heteroatoms. The van der Waals surface area contributed by atoms with E-state index in [-0.39, 0.29) is 11.3 Å². The molecule has 3 heterocycles. The monoisotopic (exact) mass is 388 g/mol. The molecule has 0 amide bonds. The lowest BCUT2D eigenvalue weighted by atomic mass is 9.59. The van der Waals surface area contributed by atoms with Gasteiger partial charge in [0.2, 0.25) is 5.88 Å². The number of benzene rings is 2. The third-order valence-electron chi connectivity index (χ3n) is 6.81. The van der Waals surface area contributed by atoms with Crippen molar-refractivity contribution in [3.63, 3.8) is 0 Å². The first-order valence-electron chi connectivity index (χ1n) is 10.3. The number of rotatable bonds is 1. The van der Waals surface area contributed by atoms with E-state index in [0.717, 1.165) is 23.0 Å². The van der Waals surface area contributed by atoms with Gasteiger partial charge in [0.1, 0.15) is 11.4 Å². The van der Waals surface area contributed by atoms with Gasteiger partial charge in [0.25, 0.3) is 0 Å². The first-order valence-corrected chi connectivity index (χ1v) is 10.3. The quantitative estimate of drug-likeness (QED) is 0.569. The highest BCUT2D eigenvalue weighted by molar-refractivity contribution is 5.58. The fraction of sp³-hybridized carbons (Fsp3) is 0.400. The minimum absolute atomic E-state index is 0.186. The molecule has 2 atom stereocenters. The maximum atomic E-state index is 6.66. The number of hydrogen-bond acceptors (Lipinski definition) is 3. The lowest BCUT2D eigenvalue weighted by Gasteiger charge is -2.52. The SMILES string of the molecule is Cc1ccc(-n2nc(C)c3c2OC(C)(C)[C@H]2COc4ccc(C)cc4[C@@]32C)cc1. The van der Waals surface area contributed by atoms with Crippen LogP contribution in [0.1, 0.15) is 48.7 Å². The van der Waals surface area contributed by atoms with Gasteiger partial charge in [-0.05, 0) is 52.8 Å². The van der Waals surface area contributed by atoms with E-state index in [0.29, 0.717) is 6.61 Å². The minimum Gasteiger partial charge on any atom is -0.493 e. The van der Waals surface area contributed by atoms with E-state index in [1.807, 2.05) is 4.68 Å². The Morgan fingerprint density at radius 2 is 1.66 bits per heavy atom. The summed E-state index contributed by atoms with van der Waals surface area (Å²) in [5.74, 6) is 2.01. The van der Waals surface area contributed by atoms with Gasteiger partial charge in [0.05, 0.1) is 18.0 Å². The van der Waals surface area contributed by atoms with Crippen molar-refractivity contribution in [3.8, 4) is 17.3 Å². The molecule has 0 saturated carbocycles. The van der Waals surface area contributed by atoms with E-state index in [2.05, 4.69) is 84.0 Å². The van der Waals surface area contributed by atoms with Crippen LogP contribution in [0.5, 0.6) is 11.6 Å². The number of hydrogen-bond donors (Lipinski definition) is 0. The summed E-state index contributed by atoms with van der Waals surface area (Å²) in [4.78, 5) is 0. The second kappa shape index (κ2) is 5.88. The van der Waals surface area contributed by atoms with Crippen molar-refractivity contribution in [3.05, 3.63) is 70.4 Å². The van der Waals surface area contributed by atoms with Gasteiger partial charge in [-0.2, -0.15) is 5.10 Å². The van der Waals surface area contributed by atoms with Gasteiger partial charge in [0.15, 0.2) is 0 Å². The Balaban J connectivity index is 1.81. The van der Waals surface area contributed by atoms with Crippen LogP contribution >= 0.6 is 0 Å². The van der Waals surface area contributed by atoms with Crippen LogP contribution in [-0.4, -0.2) is 22.0 Å². The van der Waals surface area contributed by atoms with Gasteiger partial charge in [0, 0.05) is 22.5 Å². The van der Waals surface area contributed by atoms with Crippen molar-refractivity contribution in [2.24, 2.45) is 5.92 Å². The molecule has 0 spiro atoms. The summed E-state index contributed by atoms with van der Waals surface area (Å²) in [5, 5.41) is 4.94. The van der Waals surface area contributed by atoms with Crippen molar-refractivity contribution in [1.82, 2.24) is 9.78 Å². The molecule has 2 aliphatic heterocycles. The highest BCUT2D eigenvalue weighted by Gasteiger charge is 2.57. The molecule has 0 N–H and O–H groups in total. The molecule has 0 bridgehead atoms. The van der Waals surface area contributed by atoms with Crippen LogP contribution in [0.25, 0.3) is 5.69 Å². The molecule has 2 aliphatic rings. The van der Waals surface area contributed by atoms with Crippen molar-refractivity contribution in [2.75, 3.05) is 6.61 Å². The predicted molar refractivity (Wildman–Crippen MR) is 114 cm³/mol. The zero-order valence-corrected chi connectivity index (χ0v) is 18.0. The van der Waals surface area contributed by atoms with E-state index in [9.17, 15) is 0 Å². The summed E-state index contributed by atoms with van der Waals surface area (Å²) in [5.41, 5.74) is 6.29. The zero-order valence-electron chi connectivity index (χ0n) is 18.0. The fourth-order valence-electron chi connectivity index (χ4n) is 5.29. The molecular formula is C25H28N2O2. The normalized spacial score (nSPS) is 24.0. The van der Waals surface area contributed by atoms with Crippen LogP contribution in [0.15, 0.2) is 42.5 Å². The van der Waals surface area contributed by atoms with Crippen LogP contribution in [0, 0.1) is 26.7 Å². The maximum absolute atomic E-state index is 6.66. The molecule has 29 heavy (non-hydrogen) atoms. The number of nitrogens with zero attached hydrogens (tertiary/aromatic N) is 2. The second-order valence-corrected chi connectivity index (χ2v) is 9.28. The molecule has 0 radical (unpaired) electrons. The number of fused-ring (bicyclic) bond motifs is 5. The highest BCUT2D eigenvalue weighted by Crippen LogP contribution is 2.57. The van der Waals surface area contributed by atoms with Crippen LogP contribution in [0.3, 0.4) is 0 Å². The summed E-state index contributed by atoms with van der Waals surface area (Å²) >= 11 is 0. The Labute approximate surface area is 172 Å². The van der Waals surface area contributed by atoms with Crippen LogP contribution < -0.4 is 9.47 Å².